The molecule has 4 nitrogen and oxygen atoms in total. The van der Waals surface area contributed by atoms with E-state index in [4.69, 9.17) is 4.74 Å². The molecule has 0 atom stereocenters. The molecule has 0 unspecified atom stereocenters. The molecule has 2 aliphatic heterocycles. The largest absolute Gasteiger partial charge is 0.444 e. The Hall–Kier alpha value is -2.33. The van der Waals surface area contributed by atoms with Gasteiger partial charge in [0.05, 0.1) is 6.04 Å². The van der Waals surface area contributed by atoms with Crippen molar-refractivity contribution in [3.05, 3.63) is 71.8 Å². The smallest absolute Gasteiger partial charge is 0.410 e. The van der Waals surface area contributed by atoms with E-state index in [1.54, 1.807) is 0 Å². The van der Waals surface area contributed by atoms with Crippen molar-refractivity contribution in [3.63, 3.8) is 0 Å². The number of ether oxygens (including phenoxy) is 1. The third-order valence-electron chi connectivity index (χ3n) is 6.24. The van der Waals surface area contributed by atoms with Gasteiger partial charge in [-0.3, -0.25) is 4.90 Å². The second-order valence-corrected chi connectivity index (χ2v) is 9.99. The van der Waals surface area contributed by atoms with Crippen molar-refractivity contribution < 1.29 is 9.53 Å². The maximum absolute atomic E-state index is 12.7. The number of carbonyl (C=O) groups excluding carboxylic acids is 1. The molecule has 0 aromatic heterocycles. The average molecular weight is 407 g/mol. The molecule has 2 fully saturated rings. The van der Waals surface area contributed by atoms with Crippen molar-refractivity contribution in [2.45, 2.75) is 51.7 Å². The van der Waals surface area contributed by atoms with Crippen LogP contribution in [-0.4, -0.2) is 47.7 Å². The second-order valence-electron chi connectivity index (χ2n) is 9.99. The maximum Gasteiger partial charge on any atom is 0.410 e. The van der Waals surface area contributed by atoms with Crippen molar-refractivity contribution in [3.8, 4) is 0 Å². The molecule has 1 spiro atoms. The zero-order valence-corrected chi connectivity index (χ0v) is 18.5. The van der Waals surface area contributed by atoms with E-state index >= 15 is 0 Å². The van der Waals surface area contributed by atoms with E-state index in [9.17, 15) is 4.79 Å². The summed E-state index contributed by atoms with van der Waals surface area (Å²) in [5.74, 6) is 0. The number of likely N-dealkylation sites (tertiary alicyclic amines) is 2. The highest BCUT2D eigenvalue weighted by Crippen LogP contribution is 2.44. The minimum atomic E-state index is -0.450. The first-order chi connectivity index (χ1) is 14.4. The van der Waals surface area contributed by atoms with E-state index in [0.717, 1.165) is 32.6 Å². The van der Waals surface area contributed by atoms with Crippen LogP contribution in [0, 0.1) is 5.41 Å². The third-order valence-corrected chi connectivity index (χ3v) is 6.24. The molecule has 30 heavy (non-hydrogen) atoms. The molecular formula is C26H34N2O2. The average Bonchev–Trinajstić information content (AvgIpc) is 2.92. The molecule has 0 aliphatic carbocycles. The quantitative estimate of drug-likeness (QED) is 0.675. The summed E-state index contributed by atoms with van der Waals surface area (Å²) in [6, 6.07) is 21.8. The Kier molecular flexibility index (Phi) is 5.88. The predicted octanol–water partition coefficient (Wildman–Crippen LogP) is 5.50. The molecule has 2 aromatic rings. The van der Waals surface area contributed by atoms with Gasteiger partial charge in [0.2, 0.25) is 0 Å². The first-order valence-electron chi connectivity index (χ1n) is 11.2. The Morgan fingerprint density at radius 1 is 0.900 bits per heavy atom. The topological polar surface area (TPSA) is 32.8 Å². The SMILES string of the molecule is CC(C)(C)OC(=O)N1CCCCC2(C1)CN(C(c1ccccc1)c1ccccc1)C2. The normalized spacial score (nSPS) is 19.4. The summed E-state index contributed by atoms with van der Waals surface area (Å²) in [7, 11) is 0. The van der Waals surface area contributed by atoms with Gasteiger partial charge in [0.1, 0.15) is 5.60 Å². The molecule has 0 bridgehead atoms. The van der Waals surface area contributed by atoms with E-state index in [2.05, 4.69) is 65.6 Å². The van der Waals surface area contributed by atoms with Crippen LogP contribution in [-0.2, 0) is 4.74 Å². The van der Waals surface area contributed by atoms with Gasteiger partial charge in [0, 0.05) is 31.6 Å². The van der Waals surface area contributed by atoms with Gasteiger partial charge in [-0.2, -0.15) is 0 Å². The van der Waals surface area contributed by atoms with Gasteiger partial charge in [-0.1, -0.05) is 67.1 Å². The van der Waals surface area contributed by atoms with Gasteiger partial charge in [0.15, 0.2) is 0 Å². The highest BCUT2D eigenvalue weighted by molar-refractivity contribution is 5.68. The molecule has 2 saturated heterocycles. The molecule has 2 heterocycles. The minimum Gasteiger partial charge on any atom is -0.444 e. The fraction of sp³-hybridized carbons (Fsp3) is 0.500. The number of amides is 1. The van der Waals surface area contributed by atoms with Crippen molar-refractivity contribution in [1.29, 1.82) is 0 Å². The zero-order valence-electron chi connectivity index (χ0n) is 18.5. The summed E-state index contributed by atoms with van der Waals surface area (Å²) < 4.78 is 5.68. The Morgan fingerprint density at radius 2 is 1.47 bits per heavy atom. The van der Waals surface area contributed by atoms with Gasteiger partial charge in [-0.15, -0.1) is 0 Å². The lowest BCUT2D eigenvalue weighted by Gasteiger charge is -2.54. The number of rotatable bonds is 3. The lowest BCUT2D eigenvalue weighted by molar-refractivity contribution is -0.0478. The van der Waals surface area contributed by atoms with Gasteiger partial charge >= 0.3 is 6.09 Å². The molecular weight excluding hydrogens is 372 g/mol. The van der Waals surface area contributed by atoms with E-state index in [1.807, 2.05) is 25.7 Å². The predicted molar refractivity (Wildman–Crippen MR) is 120 cm³/mol. The number of carbonyl (C=O) groups is 1. The first-order valence-corrected chi connectivity index (χ1v) is 11.2. The molecule has 4 rings (SSSR count). The van der Waals surface area contributed by atoms with Crippen LogP contribution in [0.3, 0.4) is 0 Å². The maximum atomic E-state index is 12.7. The number of hydrogen-bond acceptors (Lipinski definition) is 3. The summed E-state index contributed by atoms with van der Waals surface area (Å²) in [5, 5.41) is 0. The van der Waals surface area contributed by atoms with Crippen molar-refractivity contribution in [2.75, 3.05) is 26.2 Å². The molecule has 1 amide bonds. The molecule has 160 valence electrons. The molecule has 2 aromatic carbocycles. The van der Waals surface area contributed by atoms with Crippen molar-refractivity contribution in [1.82, 2.24) is 9.80 Å². The summed E-state index contributed by atoms with van der Waals surface area (Å²) in [6.07, 6.45) is 3.25. The summed E-state index contributed by atoms with van der Waals surface area (Å²) in [4.78, 5) is 17.3. The van der Waals surface area contributed by atoms with Crippen LogP contribution in [0.4, 0.5) is 4.79 Å². The van der Waals surface area contributed by atoms with E-state index in [0.29, 0.717) is 0 Å². The Balaban J connectivity index is 1.51. The number of benzene rings is 2. The highest BCUT2D eigenvalue weighted by atomic mass is 16.6. The summed E-state index contributed by atoms with van der Waals surface area (Å²) in [5.41, 5.74) is 2.38. The van der Waals surface area contributed by atoms with Crippen LogP contribution in [0.5, 0.6) is 0 Å². The summed E-state index contributed by atoms with van der Waals surface area (Å²) >= 11 is 0. The molecule has 0 N–H and O–H groups in total. The van der Waals surface area contributed by atoms with E-state index in [-0.39, 0.29) is 17.6 Å². The van der Waals surface area contributed by atoms with Crippen LogP contribution >= 0.6 is 0 Å². The van der Waals surface area contributed by atoms with Crippen LogP contribution in [0.25, 0.3) is 0 Å². The number of nitrogens with zero attached hydrogens (tertiary/aromatic N) is 2. The fourth-order valence-electron chi connectivity index (χ4n) is 4.99. The zero-order chi connectivity index (χ0) is 21.2. The first kappa shape index (κ1) is 20.9. The van der Waals surface area contributed by atoms with Gasteiger partial charge in [0.25, 0.3) is 0 Å². The lowest BCUT2D eigenvalue weighted by atomic mass is 9.74. The Morgan fingerprint density at radius 3 is 2.00 bits per heavy atom. The standard InChI is InChI=1S/C26H34N2O2/c1-25(2,3)30-24(29)27-17-11-10-16-26(18-27)19-28(20-26)23(21-12-6-4-7-13-21)22-14-8-5-9-15-22/h4-9,12-15,23H,10-11,16-20H2,1-3H3. The monoisotopic (exact) mass is 406 g/mol. The van der Waals surface area contributed by atoms with Crippen molar-refractivity contribution >= 4 is 6.09 Å². The van der Waals surface area contributed by atoms with Crippen molar-refractivity contribution in [2.24, 2.45) is 5.41 Å². The van der Waals surface area contributed by atoms with E-state index < -0.39 is 5.60 Å². The molecule has 4 heteroatoms. The Labute approximate surface area is 180 Å². The van der Waals surface area contributed by atoms with Crippen LogP contribution < -0.4 is 0 Å². The van der Waals surface area contributed by atoms with Crippen LogP contribution in [0.15, 0.2) is 60.7 Å². The summed E-state index contributed by atoms with van der Waals surface area (Å²) in [6.45, 7) is 9.45. The molecule has 2 aliphatic rings. The second kappa shape index (κ2) is 8.43. The number of hydrogen-bond donors (Lipinski definition) is 0. The minimum absolute atomic E-state index is 0.162. The van der Waals surface area contributed by atoms with Gasteiger partial charge in [-0.05, 0) is 44.7 Å². The van der Waals surface area contributed by atoms with Gasteiger partial charge < -0.3 is 9.64 Å². The van der Waals surface area contributed by atoms with Gasteiger partial charge in [-0.25, -0.2) is 4.79 Å². The van der Waals surface area contributed by atoms with E-state index in [1.165, 1.54) is 24.0 Å². The molecule has 0 saturated carbocycles. The van der Waals surface area contributed by atoms with Crippen LogP contribution in [0.2, 0.25) is 0 Å². The third kappa shape index (κ3) is 4.70. The lowest BCUT2D eigenvalue weighted by Crippen LogP contribution is -2.61. The molecule has 0 radical (unpaired) electrons. The van der Waals surface area contributed by atoms with Crippen LogP contribution in [0.1, 0.15) is 57.2 Å². The Bertz CT molecular complexity index is 799. The fourth-order valence-corrected chi connectivity index (χ4v) is 4.99. The highest BCUT2D eigenvalue weighted by Gasteiger charge is 2.48.